The lowest BCUT2D eigenvalue weighted by molar-refractivity contribution is -0.139. The van der Waals surface area contributed by atoms with E-state index in [1.807, 2.05) is 0 Å². The Balaban J connectivity index is 3.75. The molecule has 0 saturated heterocycles. The largest absolute Gasteiger partial charge is 0.419 e. The molecule has 1 rings (SSSR count). The molecular weight excluding hydrogens is 289 g/mol. The number of hydrogen-bond donors (Lipinski definition) is 0. The minimum atomic E-state index is -4.81. The molecule has 0 radical (unpaired) electrons. The first-order valence-corrected chi connectivity index (χ1v) is 7.33. The summed E-state index contributed by atoms with van der Waals surface area (Å²) in [6, 6.07) is 2.28. The maximum absolute atomic E-state index is 12.9. The fourth-order valence-corrected chi connectivity index (χ4v) is 3.04. The van der Waals surface area contributed by atoms with E-state index in [0.29, 0.717) is 0 Å². The van der Waals surface area contributed by atoms with Gasteiger partial charge in [0, 0.05) is 6.26 Å². The Morgan fingerprint density at radius 2 is 1.72 bits per heavy atom. The zero-order valence-electron chi connectivity index (χ0n) is 9.97. The molecule has 7 heteroatoms. The molecule has 0 fully saturated rings. The van der Waals surface area contributed by atoms with Gasteiger partial charge in [0.15, 0.2) is 9.84 Å². The second-order valence-corrected chi connectivity index (χ2v) is 6.63. The highest BCUT2D eigenvalue weighted by molar-refractivity contribution is 7.90. The molecule has 2 nitrogen and oxygen atoms in total. The van der Waals surface area contributed by atoms with Crippen molar-refractivity contribution in [3.05, 3.63) is 28.3 Å². The second-order valence-electron chi connectivity index (χ2n) is 4.27. The van der Waals surface area contributed by atoms with Crippen molar-refractivity contribution < 1.29 is 21.6 Å². The molecule has 0 unspecified atom stereocenters. The van der Waals surface area contributed by atoms with Crippen molar-refractivity contribution in [2.45, 2.75) is 30.8 Å². The first-order valence-electron chi connectivity index (χ1n) is 5.06. The third-order valence-corrected chi connectivity index (χ3v) is 3.98. The third kappa shape index (κ3) is 2.98. The van der Waals surface area contributed by atoms with Crippen molar-refractivity contribution in [3.63, 3.8) is 0 Å². The van der Waals surface area contributed by atoms with Crippen LogP contribution in [-0.4, -0.2) is 14.7 Å². The van der Waals surface area contributed by atoms with Crippen molar-refractivity contribution in [1.29, 1.82) is 0 Å². The zero-order valence-corrected chi connectivity index (χ0v) is 11.5. The fourth-order valence-electron chi connectivity index (χ4n) is 1.59. The van der Waals surface area contributed by atoms with E-state index in [1.165, 1.54) is 6.07 Å². The number of hydrogen-bond acceptors (Lipinski definition) is 2. The van der Waals surface area contributed by atoms with Crippen LogP contribution in [0.4, 0.5) is 13.2 Å². The van der Waals surface area contributed by atoms with Crippen molar-refractivity contribution in [1.82, 2.24) is 0 Å². The third-order valence-electron chi connectivity index (χ3n) is 2.44. The van der Waals surface area contributed by atoms with Crippen molar-refractivity contribution in [3.8, 4) is 0 Å². The van der Waals surface area contributed by atoms with Crippen molar-refractivity contribution in [2.75, 3.05) is 6.26 Å². The van der Waals surface area contributed by atoms with E-state index in [4.69, 9.17) is 11.6 Å². The number of sulfone groups is 1. The lowest BCUT2D eigenvalue weighted by atomic mass is 10.0. The summed E-state index contributed by atoms with van der Waals surface area (Å²) < 4.78 is 61.6. The van der Waals surface area contributed by atoms with Crippen LogP contribution in [0.25, 0.3) is 0 Å². The van der Waals surface area contributed by atoms with Gasteiger partial charge in [-0.1, -0.05) is 31.5 Å². The quantitative estimate of drug-likeness (QED) is 0.830. The fraction of sp³-hybridized carbons (Fsp3) is 0.455. The number of halogens is 4. The SMILES string of the molecule is CC(C)c1ccc(S(C)(=O)=O)c(C(F)(F)F)c1Cl. The first kappa shape index (κ1) is 15.3. The molecule has 0 N–H and O–H groups in total. The molecule has 0 aliphatic heterocycles. The van der Waals surface area contributed by atoms with E-state index >= 15 is 0 Å². The van der Waals surface area contributed by atoms with Crippen LogP contribution in [0.5, 0.6) is 0 Å². The molecule has 102 valence electrons. The van der Waals surface area contributed by atoms with E-state index in [2.05, 4.69) is 0 Å². The summed E-state index contributed by atoms with van der Waals surface area (Å²) in [6.45, 7) is 3.36. The Kier molecular flexibility index (Phi) is 4.03. The number of benzene rings is 1. The molecule has 0 aliphatic rings. The lowest BCUT2D eigenvalue weighted by Crippen LogP contribution is -2.14. The molecule has 0 aliphatic carbocycles. The molecule has 1 aromatic carbocycles. The lowest BCUT2D eigenvalue weighted by Gasteiger charge is -2.17. The first-order chi connectivity index (χ1) is 7.96. The standard InChI is InChI=1S/C11H12ClF3O2S/c1-6(2)7-4-5-8(18(3,16)17)9(10(7)12)11(13,14)15/h4-6H,1-3H3. The Morgan fingerprint density at radius 3 is 2.06 bits per heavy atom. The summed E-state index contributed by atoms with van der Waals surface area (Å²) in [6.07, 6.45) is -4.08. The molecule has 0 bridgehead atoms. The molecule has 0 heterocycles. The molecule has 0 saturated carbocycles. The van der Waals surface area contributed by atoms with Crippen LogP contribution >= 0.6 is 11.6 Å². The van der Waals surface area contributed by atoms with Gasteiger partial charge in [0.1, 0.15) is 0 Å². The van der Waals surface area contributed by atoms with Gasteiger partial charge in [0.25, 0.3) is 0 Å². The summed E-state index contributed by atoms with van der Waals surface area (Å²) in [5.74, 6) is -0.229. The van der Waals surface area contributed by atoms with Crippen LogP contribution in [0.15, 0.2) is 17.0 Å². The Bertz CT molecular complexity index is 562. The Morgan fingerprint density at radius 1 is 1.22 bits per heavy atom. The summed E-state index contributed by atoms with van der Waals surface area (Å²) in [5, 5.41) is -0.541. The van der Waals surface area contributed by atoms with Gasteiger partial charge in [-0.25, -0.2) is 8.42 Å². The van der Waals surface area contributed by atoms with E-state index in [1.54, 1.807) is 13.8 Å². The maximum atomic E-state index is 12.9. The minimum absolute atomic E-state index is 0.229. The summed E-state index contributed by atoms with van der Waals surface area (Å²) in [4.78, 5) is -0.788. The van der Waals surface area contributed by atoms with Crippen LogP contribution in [0.3, 0.4) is 0 Å². The van der Waals surface area contributed by atoms with Gasteiger partial charge < -0.3 is 0 Å². The smallest absolute Gasteiger partial charge is 0.224 e. The summed E-state index contributed by atoms with van der Waals surface area (Å²) in [7, 11) is -3.99. The average molecular weight is 301 g/mol. The Hall–Kier alpha value is -0.750. The molecule has 0 spiro atoms. The van der Waals surface area contributed by atoms with Gasteiger partial charge >= 0.3 is 6.18 Å². The van der Waals surface area contributed by atoms with Crippen LogP contribution in [0.1, 0.15) is 30.9 Å². The predicted octanol–water partition coefficient (Wildman–Crippen LogP) is 3.89. The van der Waals surface area contributed by atoms with E-state index in [9.17, 15) is 21.6 Å². The molecule has 18 heavy (non-hydrogen) atoms. The van der Waals surface area contributed by atoms with Gasteiger partial charge in [0.05, 0.1) is 15.5 Å². The molecule has 1 aromatic rings. The van der Waals surface area contributed by atoms with Crippen LogP contribution in [0.2, 0.25) is 5.02 Å². The molecule has 0 amide bonds. The number of alkyl halides is 3. The van der Waals surface area contributed by atoms with E-state index in [-0.39, 0.29) is 11.5 Å². The van der Waals surface area contributed by atoms with Gasteiger partial charge in [-0.3, -0.25) is 0 Å². The van der Waals surface area contributed by atoms with Crippen molar-refractivity contribution in [2.24, 2.45) is 0 Å². The minimum Gasteiger partial charge on any atom is -0.224 e. The molecule has 0 aromatic heterocycles. The van der Waals surface area contributed by atoms with Crippen molar-refractivity contribution >= 4 is 21.4 Å². The highest BCUT2D eigenvalue weighted by Gasteiger charge is 2.39. The van der Waals surface area contributed by atoms with Gasteiger partial charge in [-0.15, -0.1) is 0 Å². The molecule has 0 atom stereocenters. The topological polar surface area (TPSA) is 34.1 Å². The maximum Gasteiger partial charge on any atom is 0.419 e. The van der Waals surface area contributed by atoms with Gasteiger partial charge in [-0.2, -0.15) is 13.2 Å². The van der Waals surface area contributed by atoms with E-state index in [0.717, 1.165) is 12.3 Å². The predicted molar refractivity (Wildman–Crippen MR) is 63.7 cm³/mol. The summed E-state index contributed by atoms with van der Waals surface area (Å²) in [5.41, 5.74) is -1.01. The summed E-state index contributed by atoms with van der Waals surface area (Å²) >= 11 is 5.72. The zero-order chi connectivity index (χ0) is 14.3. The van der Waals surface area contributed by atoms with E-state index < -0.39 is 31.5 Å². The average Bonchev–Trinajstić information content (AvgIpc) is 2.12. The van der Waals surface area contributed by atoms with Gasteiger partial charge in [-0.05, 0) is 17.5 Å². The van der Waals surface area contributed by atoms with Gasteiger partial charge in [0.2, 0.25) is 0 Å². The van der Waals surface area contributed by atoms with Crippen LogP contribution < -0.4 is 0 Å². The second kappa shape index (κ2) is 4.74. The number of rotatable bonds is 2. The monoisotopic (exact) mass is 300 g/mol. The normalized spacial score (nSPS) is 13.1. The molecular formula is C11H12ClF3O2S. The van der Waals surface area contributed by atoms with Crippen LogP contribution in [-0.2, 0) is 16.0 Å². The Labute approximate surface area is 109 Å². The van der Waals surface area contributed by atoms with Crippen LogP contribution in [0, 0.1) is 0 Å². The highest BCUT2D eigenvalue weighted by atomic mass is 35.5. The highest BCUT2D eigenvalue weighted by Crippen LogP contribution is 2.42.